The number of benzene rings is 3. The summed E-state index contributed by atoms with van der Waals surface area (Å²) in [7, 11) is 0.249. The highest BCUT2D eigenvalue weighted by Crippen LogP contribution is 2.21. The summed E-state index contributed by atoms with van der Waals surface area (Å²) in [5.74, 6) is 1.57. The van der Waals surface area contributed by atoms with Crippen molar-refractivity contribution in [3.8, 4) is 5.75 Å². The molecule has 31 heavy (non-hydrogen) atoms. The lowest BCUT2D eigenvalue weighted by atomic mass is 10.1. The number of hydrogen-bond donors (Lipinski definition) is 2. The molecule has 3 aromatic rings. The Morgan fingerprint density at radius 1 is 0.935 bits per heavy atom. The maximum absolute atomic E-state index is 11.5. The second-order valence-corrected chi connectivity index (χ2v) is 9.08. The van der Waals surface area contributed by atoms with Gasteiger partial charge in [-0.15, -0.1) is 24.0 Å². The Morgan fingerprint density at radius 2 is 1.58 bits per heavy atom. The average Bonchev–Trinajstić information content (AvgIpc) is 2.75. The maximum Gasteiger partial charge on any atom is 0.191 e. The fraction of sp³-hybridized carbons (Fsp3) is 0.261. The van der Waals surface area contributed by atoms with Crippen LogP contribution in [0, 0.1) is 0 Å². The van der Waals surface area contributed by atoms with Gasteiger partial charge in [-0.1, -0.05) is 30.3 Å². The van der Waals surface area contributed by atoms with Crippen LogP contribution in [0.25, 0.3) is 10.8 Å². The van der Waals surface area contributed by atoms with Gasteiger partial charge in [0.25, 0.3) is 0 Å². The molecule has 0 aromatic heterocycles. The second-order valence-electron chi connectivity index (χ2n) is 7.07. The highest BCUT2D eigenvalue weighted by Gasteiger charge is 2.06. The summed E-state index contributed by atoms with van der Waals surface area (Å²) >= 11 is 0. The monoisotopic (exact) mass is 553 g/mol. The zero-order valence-electron chi connectivity index (χ0n) is 17.9. The van der Waals surface area contributed by atoms with Crippen molar-refractivity contribution in [1.82, 2.24) is 10.6 Å². The van der Waals surface area contributed by atoms with Crippen LogP contribution in [0.4, 0.5) is 0 Å². The minimum atomic E-state index is -3.16. The fourth-order valence-electron chi connectivity index (χ4n) is 3.15. The summed E-state index contributed by atoms with van der Waals surface area (Å²) in [4.78, 5) is 4.60. The first-order valence-electron chi connectivity index (χ1n) is 9.69. The van der Waals surface area contributed by atoms with Crippen molar-refractivity contribution in [2.45, 2.75) is 17.9 Å². The summed E-state index contributed by atoms with van der Waals surface area (Å²) in [5.41, 5.74) is 2.22. The van der Waals surface area contributed by atoms with E-state index in [0.717, 1.165) is 40.0 Å². The summed E-state index contributed by atoms with van der Waals surface area (Å²) in [6.07, 6.45) is 1.98. The van der Waals surface area contributed by atoms with Crippen LogP contribution >= 0.6 is 24.0 Å². The molecule has 0 heterocycles. The highest BCUT2D eigenvalue weighted by atomic mass is 127. The molecule has 0 spiro atoms. The van der Waals surface area contributed by atoms with E-state index in [1.807, 2.05) is 24.3 Å². The molecule has 166 valence electrons. The number of methoxy groups -OCH3 is 1. The predicted molar refractivity (Wildman–Crippen MR) is 137 cm³/mol. The van der Waals surface area contributed by atoms with Crippen molar-refractivity contribution in [2.24, 2.45) is 4.99 Å². The third-order valence-corrected chi connectivity index (χ3v) is 5.98. The van der Waals surface area contributed by atoms with E-state index in [-0.39, 0.29) is 24.0 Å². The zero-order valence-corrected chi connectivity index (χ0v) is 21.0. The van der Waals surface area contributed by atoms with Crippen molar-refractivity contribution in [2.75, 3.05) is 27.0 Å². The van der Waals surface area contributed by atoms with Gasteiger partial charge in [-0.3, -0.25) is 4.99 Å². The Balaban J connectivity index is 0.00000341. The minimum absolute atomic E-state index is 0. The number of nitrogens with one attached hydrogen (secondary N) is 2. The Hall–Kier alpha value is -2.33. The molecule has 6 nitrogen and oxygen atoms in total. The van der Waals surface area contributed by atoms with Gasteiger partial charge in [-0.2, -0.15) is 0 Å². The Labute approximate surface area is 201 Å². The maximum atomic E-state index is 11.5. The van der Waals surface area contributed by atoms with E-state index in [0.29, 0.717) is 18.0 Å². The van der Waals surface area contributed by atoms with E-state index in [9.17, 15) is 8.42 Å². The molecule has 0 saturated carbocycles. The molecule has 0 unspecified atom stereocenters. The van der Waals surface area contributed by atoms with Gasteiger partial charge < -0.3 is 15.4 Å². The highest BCUT2D eigenvalue weighted by molar-refractivity contribution is 14.0. The van der Waals surface area contributed by atoms with E-state index in [1.54, 1.807) is 26.3 Å². The number of fused-ring (bicyclic) bond motifs is 1. The van der Waals surface area contributed by atoms with Crippen LogP contribution in [0.5, 0.6) is 5.75 Å². The first-order valence-corrected chi connectivity index (χ1v) is 11.6. The topological polar surface area (TPSA) is 79.8 Å². The number of nitrogens with zero attached hydrogens (tertiary/aromatic N) is 1. The molecular formula is C23H28IN3O3S. The second kappa shape index (κ2) is 11.3. The van der Waals surface area contributed by atoms with Gasteiger partial charge in [-0.05, 0) is 58.7 Å². The van der Waals surface area contributed by atoms with Crippen LogP contribution in [0.1, 0.15) is 11.1 Å². The molecule has 0 radical (unpaired) electrons. The molecule has 2 N–H and O–H groups in total. The van der Waals surface area contributed by atoms with E-state index in [1.165, 1.54) is 6.26 Å². The number of aliphatic imine (C=N–C) groups is 1. The van der Waals surface area contributed by atoms with E-state index in [4.69, 9.17) is 4.74 Å². The van der Waals surface area contributed by atoms with Crippen molar-refractivity contribution < 1.29 is 13.2 Å². The number of halogens is 1. The largest absolute Gasteiger partial charge is 0.497 e. The molecule has 0 amide bonds. The lowest BCUT2D eigenvalue weighted by Gasteiger charge is -2.13. The number of rotatable bonds is 7. The van der Waals surface area contributed by atoms with Gasteiger partial charge in [0.05, 0.1) is 12.0 Å². The standard InChI is InChI=1S/C23H27N3O3S.HI/c1-24-23(25-13-12-17-5-10-22(11-6-17)30(3,27)28)26-16-18-4-7-20-15-21(29-2)9-8-19(20)14-18;/h4-11,14-15H,12-13,16H2,1-3H3,(H2,24,25,26);1H. The van der Waals surface area contributed by atoms with Crippen molar-refractivity contribution in [3.63, 3.8) is 0 Å². The molecule has 0 aliphatic rings. The van der Waals surface area contributed by atoms with Crippen LogP contribution < -0.4 is 15.4 Å². The Bertz CT molecular complexity index is 1150. The van der Waals surface area contributed by atoms with Crippen molar-refractivity contribution in [3.05, 3.63) is 71.8 Å². The van der Waals surface area contributed by atoms with Crippen molar-refractivity contribution in [1.29, 1.82) is 0 Å². The lowest BCUT2D eigenvalue weighted by Crippen LogP contribution is -2.37. The van der Waals surface area contributed by atoms with Gasteiger partial charge in [0, 0.05) is 26.4 Å². The predicted octanol–water partition coefficient (Wildman–Crippen LogP) is 3.78. The van der Waals surface area contributed by atoms with Crippen LogP contribution in [0.2, 0.25) is 0 Å². The number of sulfone groups is 1. The molecule has 0 saturated heterocycles. The van der Waals surface area contributed by atoms with Crippen LogP contribution in [0.15, 0.2) is 70.6 Å². The number of hydrogen-bond acceptors (Lipinski definition) is 4. The molecule has 0 aliphatic heterocycles. The molecule has 3 aromatic carbocycles. The normalized spacial score (nSPS) is 11.6. The molecule has 0 bridgehead atoms. The molecule has 0 aliphatic carbocycles. The lowest BCUT2D eigenvalue weighted by molar-refractivity contribution is 0.415. The number of ether oxygens (including phenoxy) is 1. The van der Waals surface area contributed by atoms with Gasteiger partial charge in [0.2, 0.25) is 0 Å². The third-order valence-electron chi connectivity index (χ3n) is 4.85. The molecule has 3 rings (SSSR count). The van der Waals surface area contributed by atoms with Gasteiger partial charge in [0.15, 0.2) is 15.8 Å². The summed E-state index contributed by atoms with van der Waals surface area (Å²) in [6, 6.07) is 19.4. The van der Waals surface area contributed by atoms with Crippen LogP contribution in [-0.2, 0) is 22.8 Å². The van der Waals surface area contributed by atoms with E-state index < -0.39 is 9.84 Å². The average molecular weight is 553 g/mol. The van der Waals surface area contributed by atoms with E-state index >= 15 is 0 Å². The van der Waals surface area contributed by atoms with E-state index in [2.05, 4.69) is 39.9 Å². The Morgan fingerprint density at radius 3 is 2.23 bits per heavy atom. The zero-order chi connectivity index (χ0) is 21.6. The molecular weight excluding hydrogens is 525 g/mol. The minimum Gasteiger partial charge on any atom is -0.497 e. The summed E-state index contributed by atoms with van der Waals surface area (Å²) in [5, 5.41) is 8.92. The Kier molecular flexibility index (Phi) is 9.12. The summed E-state index contributed by atoms with van der Waals surface area (Å²) < 4.78 is 28.3. The smallest absolute Gasteiger partial charge is 0.191 e. The molecule has 0 fully saturated rings. The fourth-order valence-corrected chi connectivity index (χ4v) is 3.78. The van der Waals surface area contributed by atoms with Gasteiger partial charge >= 0.3 is 0 Å². The van der Waals surface area contributed by atoms with Crippen LogP contribution in [0.3, 0.4) is 0 Å². The third kappa shape index (κ3) is 7.10. The number of guanidine groups is 1. The van der Waals surface area contributed by atoms with Crippen molar-refractivity contribution >= 4 is 50.5 Å². The SMILES string of the molecule is CN=C(NCCc1ccc(S(C)(=O)=O)cc1)NCc1ccc2cc(OC)ccc2c1.I. The van der Waals surface area contributed by atoms with Gasteiger partial charge in [0.1, 0.15) is 5.75 Å². The first kappa shape index (κ1) is 24.9. The van der Waals surface area contributed by atoms with Gasteiger partial charge in [-0.25, -0.2) is 8.42 Å². The van der Waals surface area contributed by atoms with Crippen LogP contribution in [-0.4, -0.2) is 41.3 Å². The quantitative estimate of drug-likeness (QED) is 0.265. The summed E-state index contributed by atoms with van der Waals surface area (Å²) in [6.45, 7) is 1.35. The first-order chi connectivity index (χ1) is 14.4. The molecule has 8 heteroatoms. The molecule has 0 atom stereocenters.